The molecular weight excluding hydrogens is 210 g/mol. The van der Waals surface area contributed by atoms with Crippen molar-refractivity contribution in [2.45, 2.75) is 20.4 Å². The summed E-state index contributed by atoms with van der Waals surface area (Å²) in [5, 5.41) is 7.80. The first kappa shape index (κ1) is 11.9. The molecule has 3 nitrogen and oxygen atoms in total. The molecule has 90 valence electrons. The van der Waals surface area contributed by atoms with Crippen molar-refractivity contribution in [1.29, 1.82) is 0 Å². The van der Waals surface area contributed by atoms with Crippen LogP contribution in [0.5, 0.6) is 0 Å². The molecule has 0 aliphatic heterocycles. The molecule has 0 bridgehead atoms. The van der Waals surface area contributed by atoms with Gasteiger partial charge < -0.3 is 5.32 Å². The molecule has 0 aliphatic rings. The highest BCUT2D eigenvalue weighted by molar-refractivity contribution is 5.32. The van der Waals surface area contributed by atoms with Crippen LogP contribution < -0.4 is 5.32 Å². The van der Waals surface area contributed by atoms with Gasteiger partial charge in [-0.2, -0.15) is 5.10 Å². The van der Waals surface area contributed by atoms with E-state index >= 15 is 0 Å². The van der Waals surface area contributed by atoms with Crippen molar-refractivity contribution in [3.63, 3.8) is 0 Å². The Bertz CT molecular complexity index is 446. The van der Waals surface area contributed by atoms with E-state index in [0.717, 1.165) is 18.8 Å². The van der Waals surface area contributed by atoms with Gasteiger partial charge in [-0.25, -0.2) is 4.68 Å². The van der Waals surface area contributed by atoms with E-state index in [2.05, 4.69) is 42.5 Å². The van der Waals surface area contributed by atoms with Gasteiger partial charge in [0.25, 0.3) is 0 Å². The van der Waals surface area contributed by atoms with Crippen molar-refractivity contribution in [2.24, 2.45) is 5.92 Å². The molecule has 0 atom stereocenters. The van der Waals surface area contributed by atoms with Crippen LogP contribution in [0.4, 0.5) is 0 Å². The highest BCUT2D eigenvalue weighted by Crippen LogP contribution is 2.09. The Morgan fingerprint density at radius 2 is 1.94 bits per heavy atom. The molecule has 3 heteroatoms. The predicted molar refractivity (Wildman–Crippen MR) is 70.1 cm³/mol. The van der Waals surface area contributed by atoms with E-state index < -0.39 is 0 Å². The summed E-state index contributed by atoms with van der Waals surface area (Å²) in [6, 6.07) is 12.3. The summed E-state index contributed by atoms with van der Waals surface area (Å²) in [7, 11) is 0. The Kier molecular flexibility index (Phi) is 3.94. The predicted octanol–water partition coefficient (Wildman–Crippen LogP) is 2.62. The third-order valence-corrected chi connectivity index (χ3v) is 2.58. The smallest absolute Gasteiger partial charge is 0.0649 e. The molecule has 17 heavy (non-hydrogen) atoms. The molecular formula is C14H19N3. The summed E-state index contributed by atoms with van der Waals surface area (Å²) in [5.74, 6) is 0.670. The molecule has 0 aliphatic carbocycles. The van der Waals surface area contributed by atoms with Crippen molar-refractivity contribution < 1.29 is 0 Å². The maximum Gasteiger partial charge on any atom is 0.0649 e. The lowest BCUT2D eigenvalue weighted by atomic mass is 10.2. The zero-order valence-corrected chi connectivity index (χ0v) is 10.4. The minimum atomic E-state index is 0.670. The fourth-order valence-corrected chi connectivity index (χ4v) is 1.76. The van der Waals surface area contributed by atoms with Crippen molar-refractivity contribution in [1.82, 2.24) is 15.1 Å². The highest BCUT2D eigenvalue weighted by Gasteiger charge is 2.04. The number of aromatic nitrogens is 2. The summed E-state index contributed by atoms with van der Waals surface area (Å²) in [6.07, 6.45) is 1.85. The monoisotopic (exact) mass is 229 g/mol. The van der Waals surface area contributed by atoms with Gasteiger partial charge in [0.05, 0.1) is 11.4 Å². The molecule has 0 unspecified atom stereocenters. The van der Waals surface area contributed by atoms with Crippen molar-refractivity contribution >= 4 is 0 Å². The van der Waals surface area contributed by atoms with Gasteiger partial charge in [0.15, 0.2) is 0 Å². The van der Waals surface area contributed by atoms with E-state index in [0.29, 0.717) is 5.92 Å². The molecule has 0 spiro atoms. The third-order valence-electron chi connectivity index (χ3n) is 2.58. The van der Waals surface area contributed by atoms with Crippen LogP contribution in [0, 0.1) is 5.92 Å². The second-order valence-electron chi connectivity index (χ2n) is 4.59. The first-order valence-corrected chi connectivity index (χ1v) is 6.06. The number of rotatable bonds is 5. The van der Waals surface area contributed by atoms with Gasteiger partial charge in [0, 0.05) is 12.7 Å². The van der Waals surface area contributed by atoms with Crippen molar-refractivity contribution in [3.05, 3.63) is 48.3 Å². The molecule has 2 aromatic rings. The zero-order chi connectivity index (χ0) is 12.1. The van der Waals surface area contributed by atoms with Gasteiger partial charge >= 0.3 is 0 Å². The Balaban J connectivity index is 2.07. The van der Waals surface area contributed by atoms with Gasteiger partial charge in [0.1, 0.15) is 0 Å². The van der Waals surface area contributed by atoms with Crippen molar-refractivity contribution in [2.75, 3.05) is 6.54 Å². The van der Waals surface area contributed by atoms with E-state index in [4.69, 9.17) is 0 Å². The first-order valence-electron chi connectivity index (χ1n) is 6.06. The Hall–Kier alpha value is -1.61. The van der Waals surface area contributed by atoms with E-state index in [-0.39, 0.29) is 0 Å². The molecule has 0 saturated carbocycles. The van der Waals surface area contributed by atoms with Gasteiger partial charge in [-0.3, -0.25) is 0 Å². The Labute approximate surface area is 102 Å². The number of hydrogen-bond acceptors (Lipinski definition) is 2. The highest BCUT2D eigenvalue weighted by atomic mass is 15.3. The van der Waals surface area contributed by atoms with Gasteiger partial charge in [-0.1, -0.05) is 32.0 Å². The molecule has 0 amide bonds. The Morgan fingerprint density at radius 3 is 2.65 bits per heavy atom. The standard InChI is InChI=1S/C14H19N3/c1-12(2)10-15-11-14-8-9-16-17(14)13-6-4-3-5-7-13/h3-9,12,15H,10-11H2,1-2H3. The average Bonchev–Trinajstić information content (AvgIpc) is 2.78. The van der Waals surface area contributed by atoms with Crippen LogP contribution in [-0.4, -0.2) is 16.3 Å². The third kappa shape index (κ3) is 3.17. The van der Waals surface area contributed by atoms with Gasteiger partial charge in [-0.15, -0.1) is 0 Å². The normalized spacial score (nSPS) is 11.0. The second kappa shape index (κ2) is 5.64. The molecule has 2 rings (SSSR count). The van der Waals surface area contributed by atoms with E-state index in [1.165, 1.54) is 5.69 Å². The fraction of sp³-hybridized carbons (Fsp3) is 0.357. The lowest BCUT2D eigenvalue weighted by Gasteiger charge is -2.10. The number of nitrogens with zero attached hydrogens (tertiary/aromatic N) is 2. The number of para-hydroxylation sites is 1. The summed E-state index contributed by atoms with van der Waals surface area (Å²) in [4.78, 5) is 0. The summed E-state index contributed by atoms with van der Waals surface area (Å²) < 4.78 is 1.98. The minimum Gasteiger partial charge on any atom is -0.311 e. The van der Waals surface area contributed by atoms with E-state index in [1.807, 2.05) is 29.1 Å². The fourth-order valence-electron chi connectivity index (χ4n) is 1.76. The average molecular weight is 229 g/mol. The second-order valence-corrected chi connectivity index (χ2v) is 4.59. The van der Waals surface area contributed by atoms with Crippen LogP contribution in [0.2, 0.25) is 0 Å². The lowest BCUT2D eigenvalue weighted by molar-refractivity contribution is 0.542. The largest absolute Gasteiger partial charge is 0.311 e. The first-order chi connectivity index (χ1) is 8.27. The van der Waals surface area contributed by atoms with Gasteiger partial charge in [0.2, 0.25) is 0 Å². The topological polar surface area (TPSA) is 29.9 Å². The molecule has 1 N–H and O–H groups in total. The van der Waals surface area contributed by atoms with Crippen molar-refractivity contribution in [3.8, 4) is 5.69 Å². The maximum absolute atomic E-state index is 4.36. The van der Waals surface area contributed by atoms with Crippen LogP contribution >= 0.6 is 0 Å². The van der Waals surface area contributed by atoms with E-state index in [9.17, 15) is 0 Å². The number of nitrogens with one attached hydrogen (secondary N) is 1. The molecule has 1 aromatic heterocycles. The molecule has 0 fully saturated rings. The summed E-state index contributed by atoms with van der Waals surface area (Å²) in [5.41, 5.74) is 2.30. The van der Waals surface area contributed by atoms with Crippen LogP contribution in [0.1, 0.15) is 19.5 Å². The summed E-state index contributed by atoms with van der Waals surface area (Å²) >= 11 is 0. The SMILES string of the molecule is CC(C)CNCc1ccnn1-c1ccccc1. The molecule has 1 heterocycles. The van der Waals surface area contributed by atoms with Crippen LogP contribution in [0.25, 0.3) is 5.69 Å². The quantitative estimate of drug-likeness (QED) is 0.854. The van der Waals surface area contributed by atoms with E-state index in [1.54, 1.807) is 0 Å². The van der Waals surface area contributed by atoms with Crippen LogP contribution in [0.3, 0.4) is 0 Å². The summed E-state index contributed by atoms with van der Waals surface area (Å²) in [6.45, 7) is 6.30. The molecule has 0 saturated heterocycles. The van der Waals surface area contributed by atoms with Crippen LogP contribution in [0.15, 0.2) is 42.6 Å². The Morgan fingerprint density at radius 1 is 1.18 bits per heavy atom. The number of hydrogen-bond donors (Lipinski definition) is 1. The minimum absolute atomic E-state index is 0.670. The molecule has 1 aromatic carbocycles. The van der Waals surface area contributed by atoms with Crippen LogP contribution in [-0.2, 0) is 6.54 Å². The zero-order valence-electron chi connectivity index (χ0n) is 10.4. The molecule has 0 radical (unpaired) electrons. The number of benzene rings is 1. The maximum atomic E-state index is 4.36. The lowest BCUT2D eigenvalue weighted by Crippen LogP contribution is -2.20. The van der Waals surface area contributed by atoms with Gasteiger partial charge in [-0.05, 0) is 30.7 Å².